The van der Waals surface area contributed by atoms with Gasteiger partial charge in [0.05, 0.1) is 6.54 Å². The molecule has 0 fully saturated rings. The van der Waals surface area contributed by atoms with E-state index in [-0.39, 0.29) is 13.9 Å². The molecule has 3 nitrogen and oxygen atoms in total. The average Bonchev–Trinajstić information content (AvgIpc) is 2.18. The fraction of sp³-hybridized carbons (Fsp3) is 0.727. The third-order valence-electron chi connectivity index (χ3n) is 2.08. The summed E-state index contributed by atoms with van der Waals surface area (Å²) in [6.45, 7) is 6.45. The van der Waals surface area contributed by atoms with Crippen molar-refractivity contribution < 1.29 is 6.22 Å². The molecule has 1 aliphatic rings. The summed E-state index contributed by atoms with van der Waals surface area (Å²) in [4.78, 5) is 10.5. The molecule has 84 valence electrons. The third-order valence-corrected chi connectivity index (χ3v) is 2.08. The lowest BCUT2D eigenvalue weighted by Crippen LogP contribution is -2.29. The maximum atomic E-state index is 10.5. The lowest BCUT2D eigenvalue weighted by atomic mass is 9.95. The second kappa shape index (κ2) is 7.42. The monoisotopic (exact) mass is 200 g/mol. The van der Waals surface area contributed by atoms with Crippen molar-refractivity contribution in [1.29, 1.82) is 0 Å². The minimum absolute atomic E-state index is 0. The first-order chi connectivity index (χ1) is 6.68. The summed E-state index contributed by atoms with van der Waals surface area (Å²) in [5.41, 5.74) is 6.19. The van der Waals surface area contributed by atoms with E-state index in [9.17, 15) is 4.79 Å². The predicted molar refractivity (Wildman–Crippen MR) is 61.8 cm³/mol. The maximum Gasteiger partial charge on any atom is 0.236 e. The second-order valence-corrected chi connectivity index (χ2v) is 3.38. The van der Waals surface area contributed by atoms with Crippen LogP contribution in [0.25, 0.3) is 0 Å². The van der Waals surface area contributed by atoms with E-state index in [0.29, 0.717) is 5.92 Å². The Hall–Kier alpha value is -0.990. The molecule has 0 aromatic carbocycles. The Bertz CT molecular complexity index is 205. The largest absolute Gasteiger partial charge is 0.380 e. The van der Waals surface area contributed by atoms with Crippen LogP contribution in [-0.2, 0) is 4.79 Å². The third kappa shape index (κ3) is 5.62. The number of carbonyl (C=O) groups is 1. The Balaban J connectivity index is 0. The number of hydrogen-bond acceptors (Lipinski definition) is 2. The number of nitrogens with two attached hydrogens (primary N) is 1. The zero-order valence-electron chi connectivity index (χ0n) is 9.47. The molecule has 0 spiro atoms. The minimum Gasteiger partial charge on any atom is -0.380 e. The van der Waals surface area contributed by atoms with Crippen LogP contribution in [0.5, 0.6) is 0 Å². The summed E-state index contributed by atoms with van der Waals surface area (Å²) in [5, 5.41) is 3.04. The van der Waals surface area contributed by atoms with Gasteiger partial charge in [-0.3, -0.25) is 4.79 Å². The highest BCUT2D eigenvalue weighted by Crippen LogP contribution is 2.20. The van der Waals surface area contributed by atoms with Gasteiger partial charge in [-0.15, -0.1) is 0 Å². The standard InChI is InChI=1S/C9H16N2O.C2H6.H2/c1-7-3-2-4-8(5-7)11-6-9(10)12;1-2;/h5,7,11H,2-4,6H2,1H3,(H2,10,12);1-2H3;1H. The SMILES string of the molecule is CC.CC1C=C(NCC(N)=O)CCC1.[HH]. The Morgan fingerprint density at radius 3 is 2.86 bits per heavy atom. The maximum absolute atomic E-state index is 10.5. The average molecular weight is 200 g/mol. The zero-order chi connectivity index (χ0) is 11.0. The summed E-state index contributed by atoms with van der Waals surface area (Å²) < 4.78 is 0. The molecule has 0 saturated carbocycles. The van der Waals surface area contributed by atoms with Crippen molar-refractivity contribution in [2.45, 2.75) is 40.0 Å². The van der Waals surface area contributed by atoms with E-state index in [1.807, 2.05) is 13.8 Å². The van der Waals surface area contributed by atoms with Gasteiger partial charge in [-0.25, -0.2) is 0 Å². The van der Waals surface area contributed by atoms with Gasteiger partial charge in [0.25, 0.3) is 0 Å². The van der Waals surface area contributed by atoms with Gasteiger partial charge in [0, 0.05) is 7.12 Å². The molecule has 0 aromatic rings. The first kappa shape index (κ1) is 13.0. The van der Waals surface area contributed by atoms with Crippen LogP contribution in [0.4, 0.5) is 0 Å². The van der Waals surface area contributed by atoms with E-state index < -0.39 is 0 Å². The topological polar surface area (TPSA) is 55.1 Å². The summed E-state index contributed by atoms with van der Waals surface area (Å²) in [6.07, 6.45) is 5.70. The molecule has 0 bridgehead atoms. The molecule has 0 aromatic heterocycles. The highest BCUT2D eigenvalue weighted by Gasteiger charge is 2.08. The highest BCUT2D eigenvalue weighted by atomic mass is 16.1. The van der Waals surface area contributed by atoms with Gasteiger partial charge < -0.3 is 11.1 Å². The van der Waals surface area contributed by atoms with Crippen molar-refractivity contribution in [3.8, 4) is 0 Å². The summed E-state index contributed by atoms with van der Waals surface area (Å²) in [5.74, 6) is 0.336. The zero-order valence-corrected chi connectivity index (χ0v) is 9.47. The number of nitrogens with one attached hydrogen (secondary N) is 1. The van der Waals surface area contributed by atoms with Gasteiger partial charge in [0.1, 0.15) is 0 Å². The Labute approximate surface area is 88.2 Å². The van der Waals surface area contributed by atoms with Gasteiger partial charge in [-0.1, -0.05) is 26.8 Å². The number of carbonyl (C=O) groups excluding carboxylic acids is 1. The lowest BCUT2D eigenvalue weighted by Gasteiger charge is -2.18. The minimum atomic E-state index is -0.297. The van der Waals surface area contributed by atoms with Crippen molar-refractivity contribution in [2.75, 3.05) is 6.54 Å². The molecule has 1 unspecified atom stereocenters. The molecular weight excluding hydrogens is 176 g/mol. The molecular formula is C11H24N2O. The molecule has 3 N–H and O–H groups in total. The van der Waals surface area contributed by atoms with Gasteiger partial charge >= 0.3 is 0 Å². The van der Waals surface area contributed by atoms with Crippen LogP contribution < -0.4 is 11.1 Å². The van der Waals surface area contributed by atoms with Gasteiger partial charge in [-0.2, -0.15) is 0 Å². The molecule has 14 heavy (non-hydrogen) atoms. The van der Waals surface area contributed by atoms with Crippen molar-refractivity contribution in [1.82, 2.24) is 5.32 Å². The molecule has 0 aliphatic heterocycles. The molecule has 1 atom stereocenters. The molecule has 0 radical (unpaired) electrons. The predicted octanol–water partition coefficient (Wildman–Crippen LogP) is 2.04. The summed E-state index contributed by atoms with van der Waals surface area (Å²) in [7, 11) is 0. The number of primary amides is 1. The Morgan fingerprint density at radius 1 is 1.71 bits per heavy atom. The van der Waals surface area contributed by atoms with E-state index in [0.717, 1.165) is 6.42 Å². The molecule has 1 amide bonds. The number of hydrogen-bond donors (Lipinski definition) is 2. The number of allylic oxidation sites excluding steroid dienone is 2. The van der Waals surface area contributed by atoms with Crippen molar-refractivity contribution in [3.63, 3.8) is 0 Å². The molecule has 1 aliphatic carbocycles. The number of rotatable bonds is 3. The van der Waals surface area contributed by atoms with Crippen LogP contribution in [0.2, 0.25) is 0 Å². The molecule has 1 rings (SSSR count). The summed E-state index contributed by atoms with van der Waals surface area (Å²) in [6, 6.07) is 0. The van der Waals surface area contributed by atoms with E-state index in [4.69, 9.17) is 5.73 Å². The fourth-order valence-electron chi connectivity index (χ4n) is 1.47. The van der Waals surface area contributed by atoms with E-state index >= 15 is 0 Å². The molecule has 0 saturated heterocycles. The smallest absolute Gasteiger partial charge is 0.236 e. The van der Waals surface area contributed by atoms with Crippen LogP contribution in [0.1, 0.15) is 41.5 Å². The van der Waals surface area contributed by atoms with Crippen molar-refractivity contribution in [2.24, 2.45) is 11.7 Å². The Kier molecular flexibility index (Phi) is 6.89. The first-order valence-electron chi connectivity index (χ1n) is 5.41. The second-order valence-electron chi connectivity index (χ2n) is 3.38. The molecule has 0 heterocycles. The van der Waals surface area contributed by atoms with Crippen molar-refractivity contribution in [3.05, 3.63) is 11.8 Å². The normalized spacial score (nSPS) is 20.2. The quantitative estimate of drug-likeness (QED) is 0.732. The van der Waals surface area contributed by atoms with Gasteiger partial charge in [0.2, 0.25) is 5.91 Å². The van der Waals surface area contributed by atoms with Gasteiger partial charge in [0.15, 0.2) is 0 Å². The van der Waals surface area contributed by atoms with Gasteiger partial charge in [-0.05, 0) is 25.2 Å². The van der Waals surface area contributed by atoms with Crippen LogP contribution in [0.15, 0.2) is 11.8 Å². The number of amides is 1. The summed E-state index contributed by atoms with van der Waals surface area (Å²) >= 11 is 0. The van der Waals surface area contributed by atoms with Crippen LogP contribution in [0, 0.1) is 5.92 Å². The fourth-order valence-corrected chi connectivity index (χ4v) is 1.47. The van der Waals surface area contributed by atoms with Crippen LogP contribution in [0.3, 0.4) is 0 Å². The highest BCUT2D eigenvalue weighted by molar-refractivity contribution is 5.76. The van der Waals surface area contributed by atoms with Crippen LogP contribution in [-0.4, -0.2) is 12.5 Å². The Morgan fingerprint density at radius 2 is 2.36 bits per heavy atom. The van der Waals surface area contributed by atoms with E-state index in [1.165, 1.54) is 18.5 Å². The first-order valence-corrected chi connectivity index (χ1v) is 5.41. The molecule has 3 heteroatoms. The lowest BCUT2D eigenvalue weighted by molar-refractivity contribution is -0.117. The van der Waals surface area contributed by atoms with E-state index in [2.05, 4.69) is 18.3 Å². The van der Waals surface area contributed by atoms with E-state index in [1.54, 1.807) is 0 Å². The van der Waals surface area contributed by atoms with Crippen LogP contribution >= 0.6 is 0 Å². The van der Waals surface area contributed by atoms with Crippen molar-refractivity contribution >= 4 is 5.91 Å².